The molecule has 0 aliphatic rings. The van der Waals surface area contributed by atoms with Gasteiger partial charge in [0.05, 0.1) is 13.2 Å². The number of esters is 2. The summed E-state index contributed by atoms with van der Waals surface area (Å²) in [7, 11) is -4.38. The fourth-order valence-electron chi connectivity index (χ4n) is 6.48. The van der Waals surface area contributed by atoms with Gasteiger partial charge in [-0.05, 0) is 70.6 Å². The maximum atomic E-state index is 12.6. The lowest BCUT2D eigenvalue weighted by Gasteiger charge is -2.19. The maximum Gasteiger partial charge on any atom is 0.472 e. The molecule has 0 radical (unpaired) electrons. The van der Waals surface area contributed by atoms with Crippen LogP contribution in [0.4, 0.5) is 0 Å². The molecule has 2 atom stereocenters. The van der Waals surface area contributed by atoms with Gasteiger partial charge in [0, 0.05) is 19.4 Å². The van der Waals surface area contributed by atoms with Gasteiger partial charge in [0.1, 0.15) is 6.61 Å². The third-order valence-corrected chi connectivity index (χ3v) is 11.0. The first kappa shape index (κ1) is 55.2. The van der Waals surface area contributed by atoms with Gasteiger partial charge in [0.2, 0.25) is 0 Å². The number of nitrogens with two attached hydrogens (primary N) is 1. The van der Waals surface area contributed by atoms with E-state index < -0.39 is 26.5 Å². The van der Waals surface area contributed by atoms with Crippen molar-refractivity contribution in [2.24, 2.45) is 5.73 Å². The molecule has 0 heterocycles. The van der Waals surface area contributed by atoms with E-state index in [1.807, 2.05) is 0 Å². The zero-order valence-electron chi connectivity index (χ0n) is 36.8. The van der Waals surface area contributed by atoms with Crippen molar-refractivity contribution in [2.75, 3.05) is 26.4 Å². The van der Waals surface area contributed by atoms with Crippen LogP contribution >= 0.6 is 7.82 Å². The van der Waals surface area contributed by atoms with Crippen molar-refractivity contribution in [3.63, 3.8) is 0 Å². The lowest BCUT2D eigenvalue weighted by Crippen LogP contribution is -2.29. The Balaban J connectivity index is 4.10. The summed E-state index contributed by atoms with van der Waals surface area (Å²) < 4.78 is 32.9. The molecule has 1 unspecified atom stereocenters. The Bertz CT molecular complexity index is 1030. The smallest absolute Gasteiger partial charge is 0.462 e. The maximum absolute atomic E-state index is 12.6. The predicted molar refractivity (Wildman–Crippen MR) is 238 cm³/mol. The van der Waals surface area contributed by atoms with Crippen molar-refractivity contribution in [1.82, 2.24) is 0 Å². The highest BCUT2D eigenvalue weighted by molar-refractivity contribution is 7.47. The quantitative estimate of drug-likeness (QED) is 0.0266. The van der Waals surface area contributed by atoms with Crippen LogP contribution < -0.4 is 5.73 Å². The summed E-state index contributed by atoms with van der Waals surface area (Å²) >= 11 is 0. The molecule has 0 spiro atoms. The van der Waals surface area contributed by atoms with E-state index >= 15 is 0 Å². The number of hydrogen-bond donors (Lipinski definition) is 2. The van der Waals surface area contributed by atoms with Crippen LogP contribution in [0.2, 0.25) is 0 Å². The Kier molecular flexibility index (Phi) is 42.4. The fourth-order valence-corrected chi connectivity index (χ4v) is 7.25. The Morgan fingerprint density at radius 3 is 1.39 bits per heavy atom. The van der Waals surface area contributed by atoms with Gasteiger partial charge in [0.25, 0.3) is 0 Å². The third kappa shape index (κ3) is 43.6. The summed E-state index contributed by atoms with van der Waals surface area (Å²) in [6.45, 7) is 3.71. The normalized spacial score (nSPS) is 13.5. The van der Waals surface area contributed by atoms with Gasteiger partial charge in [-0.2, -0.15) is 0 Å². The molecular formula is C47H88NO8P. The molecule has 0 aromatic heterocycles. The van der Waals surface area contributed by atoms with Crippen LogP contribution in [0.3, 0.4) is 0 Å². The van der Waals surface area contributed by atoms with Crippen LogP contribution in [0, 0.1) is 0 Å². The van der Waals surface area contributed by atoms with Crippen LogP contribution in [0.25, 0.3) is 0 Å². The first-order chi connectivity index (χ1) is 27.8. The van der Waals surface area contributed by atoms with E-state index in [4.69, 9.17) is 24.3 Å². The number of phosphoric acid groups is 1. The highest BCUT2D eigenvalue weighted by Crippen LogP contribution is 2.43. The molecule has 0 saturated carbocycles. The monoisotopic (exact) mass is 826 g/mol. The number of hydrogen-bond acceptors (Lipinski definition) is 8. The molecule has 0 aliphatic carbocycles. The average Bonchev–Trinajstić information content (AvgIpc) is 3.20. The number of unbranched alkanes of at least 4 members (excludes halogenated alkanes) is 25. The van der Waals surface area contributed by atoms with E-state index in [1.54, 1.807) is 0 Å². The second-order valence-corrected chi connectivity index (χ2v) is 17.1. The zero-order chi connectivity index (χ0) is 41.8. The van der Waals surface area contributed by atoms with Crippen molar-refractivity contribution >= 4 is 19.8 Å². The minimum Gasteiger partial charge on any atom is -0.462 e. The molecule has 0 aromatic carbocycles. The van der Waals surface area contributed by atoms with Gasteiger partial charge in [-0.25, -0.2) is 4.57 Å². The SMILES string of the molecule is CCCCC/C=C/C/C=C/CCCCCCCCCCCC(=O)O[C@H](COC(=O)CCCCCCCCCCC/C=C/CCCCCC)COP(=O)(O)OCCN. The molecule has 0 bridgehead atoms. The molecule has 0 aliphatic heterocycles. The number of allylic oxidation sites excluding steroid dienone is 6. The van der Waals surface area contributed by atoms with Gasteiger partial charge < -0.3 is 20.1 Å². The third-order valence-electron chi connectivity index (χ3n) is 10.00. The number of phosphoric ester groups is 1. The number of ether oxygens (including phenoxy) is 2. The summed E-state index contributed by atoms with van der Waals surface area (Å²) in [6.07, 6.45) is 48.8. The van der Waals surface area contributed by atoms with Crippen molar-refractivity contribution in [3.8, 4) is 0 Å². The molecule has 0 fully saturated rings. The molecule has 0 rings (SSSR count). The van der Waals surface area contributed by atoms with E-state index in [-0.39, 0.29) is 38.6 Å². The van der Waals surface area contributed by atoms with Crippen molar-refractivity contribution in [3.05, 3.63) is 36.5 Å². The van der Waals surface area contributed by atoms with E-state index in [0.29, 0.717) is 6.42 Å². The van der Waals surface area contributed by atoms with Gasteiger partial charge in [-0.1, -0.05) is 172 Å². The molecule has 0 amide bonds. The summed E-state index contributed by atoms with van der Waals surface area (Å²) in [5.74, 6) is -0.830. The van der Waals surface area contributed by atoms with Crippen LogP contribution in [0.15, 0.2) is 36.5 Å². The first-order valence-electron chi connectivity index (χ1n) is 23.5. The highest BCUT2D eigenvalue weighted by Gasteiger charge is 2.26. The molecule has 0 saturated heterocycles. The minimum atomic E-state index is -4.38. The largest absolute Gasteiger partial charge is 0.472 e. The summed E-state index contributed by atoms with van der Waals surface area (Å²) in [4.78, 5) is 35.0. The molecule has 10 heteroatoms. The number of carbonyl (C=O) groups is 2. The van der Waals surface area contributed by atoms with Crippen LogP contribution in [0.1, 0.15) is 219 Å². The standard InChI is InChI=1S/C47H88NO8P/c1-3-5-7-9-11-13-15-17-19-21-22-24-26-28-30-32-34-36-38-40-47(50)56-45(44-55-57(51,52)54-42-41-48)43-53-46(49)39-37-35-33-31-29-27-25-23-20-18-16-14-12-10-8-6-4-2/h11,13-14,16-17,19,45H,3-10,12,15,18,20-44,48H2,1-2H3,(H,51,52)/b13-11+,16-14+,19-17+/t45-/m1/s1. The molecule has 9 nitrogen and oxygen atoms in total. The number of carbonyl (C=O) groups excluding carboxylic acids is 2. The van der Waals surface area contributed by atoms with Crippen LogP contribution in [0.5, 0.6) is 0 Å². The Morgan fingerprint density at radius 1 is 0.526 bits per heavy atom. The second-order valence-electron chi connectivity index (χ2n) is 15.6. The molecule has 0 aromatic rings. The Labute approximate surface area is 350 Å². The molecule has 334 valence electrons. The molecule has 57 heavy (non-hydrogen) atoms. The summed E-state index contributed by atoms with van der Waals surface area (Å²) in [5.41, 5.74) is 5.36. The number of rotatable bonds is 44. The zero-order valence-corrected chi connectivity index (χ0v) is 37.7. The van der Waals surface area contributed by atoms with Crippen molar-refractivity contribution in [1.29, 1.82) is 0 Å². The molecular weight excluding hydrogens is 737 g/mol. The van der Waals surface area contributed by atoms with Crippen LogP contribution in [-0.4, -0.2) is 49.3 Å². The van der Waals surface area contributed by atoms with Crippen molar-refractivity contribution in [2.45, 2.75) is 225 Å². The Hall–Kier alpha value is -1.77. The lowest BCUT2D eigenvalue weighted by atomic mass is 10.1. The lowest BCUT2D eigenvalue weighted by molar-refractivity contribution is -0.161. The van der Waals surface area contributed by atoms with E-state index in [1.165, 1.54) is 135 Å². The van der Waals surface area contributed by atoms with Gasteiger partial charge >= 0.3 is 19.8 Å². The van der Waals surface area contributed by atoms with Gasteiger partial charge in [-0.15, -0.1) is 0 Å². The Morgan fingerprint density at radius 2 is 0.912 bits per heavy atom. The minimum absolute atomic E-state index is 0.0525. The first-order valence-corrected chi connectivity index (χ1v) is 25.0. The second kappa shape index (κ2) is 43.8. The summed E-state index contributed by atoms with van der Waals surface area (Å²) in [5, 5.41) is 0. The van der Waals surface area contributed by atoms with Gasteiger partial charge in [0.15, 0.2) is 6.10 Å². The summed E-state index contributed by atoms with van der Waals surface area (Å²) in [6, 6.07) is 0. The predicted octanol–water partition coefficient (Wildman–Crippen LogP) is 13.7. The van der Waals surface area contributed by atoms with E-state index in [9.17, 15) is 19.0 Å². The molecule has 3 N–H and O–H groups in total. The van der Waals surface area contributed by atoms with Gasteiger partial charge in [-0.3, -0.25) is 18.6 Å². The van der Waals surface area contributed by atoms with E-state index in [2.05, 4.69) is 50.3 Å². The van der Waals surface area contributed by atoms with Crippen LogP contribution in [-0.2, 0) is 32.7 Å². The van der Waals surface area contributed by atoms with Crippen molar-refractivity contribution < 1.29 is 37.6 Å². The van der Waals surface area contributed by atoms with E-state index in [0.717, 1.165) is 51.4 Å². The fraction of sp³-hybridized carbons (Fsp3) is 0.830. The highest BCUT2D eigenvalue weighted by atomic mass is 31.2. The topological polar surface area (TPSA) is 134 Å². The average molecular weight is 826 g/mol.